The van der Waals surface area contributed by atoms with E-state index in [0.717, 1.165) is 17.0 Å². The van der Waals surface area contributed by atoms with E-state index in [1.165, 1.54) is 6.92 Å². The molecule has 16 heavy (non-hydrogen) atoms. The lowest BCUT2D eigenvalue weighted by Crippen LogP contribution is -2.41. The zero-order valence-electron chi connectivity index (χ0n) is 9.50. The van der Waals surface area contributed by atoms with Crippen molar-refractivity contribution in [3.8, 4) is 0 Å². The number of carbonyl (C=O) groups excluding carboxylic acids is 1. The van der Waals surface area contributed by atoms with Crippen molar-refractivity contribution >= 4 is 11.9 Å². The maximum Gasteiger partial charge on any atom is 0.326 e. The van der Waals surface area contributed by atoms with Gasteiger partial charge in [0.25, 0.3) is 0 Å². The van der Waals surface area contributed by atoms with E-state index in [9.17, 15) is 9.59 Å². The molecule has 1 aromatic rings. The van der Waals surface area contributed by atoms with Crippen LogP contribution in [0.3, 0.4) is 0 Å². The molecule has 0 spiro atoms. The van der Waals surface area contributed by atoms with E-state index in [2.05, 4.69) is 15.5 Å². The second-order valence-electron chi connectivity index (χ2n) is 3.71. The summed E-state index contributed by atoms with van der Waals surface area (Å²) in [5.41, 5.74) is 2.42. The number of aromatic amines is 1. The van der Waals surface area contributed by atoms with Crippen LogP contribution in [0.25, 0.3) is 0 Å². The number of carboxylic acids is 1. The topological polar surface area (TPSA) is 95.1 Å². The molecule has 1 aromatic heterocycles. The number of nitrogens with zero attached hydrogens (tertiary/aromatic N) is 1. The summed E-state index contributed by atoms with van der Waals surface area (Å²) in [5, 5.41) is 18.1. The normalized spacial score (nSPS) is 12.2. The van der Waals surface area contributed by atoms with Crippen molar-refractivity contribution in [3.05, 3.63) is 17.0 Å². The number of hydrogen-bond acceptors (Lipinski definition) is 3. The summed E-state index contributed by atoms with van der Waals surface area (Å²) in [6, 6.07) is -0.910. The van der Waals surface area contributed by atoms with Crippen LogP contribution in [0, 0.1) is 13.8 Å². The maximum absolute atomic E-state index is 10.9. The predicted octanol–water partition coefficient (Wildman–Crippen LogP) is 0.158. The number of rotatable bonds is 4. The van der Waals surface area contributed by atoms with E-state index in [0.29, 0.717) is 0 Å². The highest BCUT2D eigenvalue weighted by Gasteiger charge is 2.21. The number of aliphatic carboxylic acids is 1. The minimum Gasteiger partial charge on any atom is -0.480 e. The zero-order valence-corrected chi connectivity index (χ0v) is 9.50. The van der Waals surface area contributed by atoms with E-state index >= 15 is 0 Å². The molecule has 0 aliphatic rings. The lowest BCUT2D eigenvalue weighted by Gasteiger charge is -2.13. The van der Waals surface area contributed by atoms with Gasteiger partial charge in [0.1, 0.15) is 6.04 Å². The molecule has 1 amide bonds. The van der Waals surface area contributed by atoms with Crippen LogP contribution in [-0.2, 0) is 16.0 Å². The molecule has 6 heteroatoms. The van der Waals surface area contributed by atoms with Crippen LogP contribution in [0.15, 0.2) is 0 Å². The van der Waals surface area contributed by atoms with Gasteiger partial charge in [0.2, 0.25) is 5.91 Å². The summed E-state index contributed by atoms with van der Waals surface area (Å²) in [5.74, 6) is -1.40. The summed E-state index contributed by atoms with van der Waals surface area (Å²) in [7, 11) is 0. The number of aryl methyl sites for hydroxylation is 2. The van der Waals surface area contributed by atoms with Gasteiger partial charge in [-0.15, -0.1) is 0 Å². The van der Waals surface area contributed by atoms with Gasteiger partial charge in [0, 0.05) is 19.0 Å². The van der Waals surface area contributed by atoms with E-state index in [-0.39, 0.29) is 12.3 Å². The molecule has 0 aliphatic heterocycles. The Bertz CT molecular complexity index is 392. The third-order valence-electron chi connectivity index (χ3n) is 2.36. The van der Waals surface area contributed by atoms with Gasteiger partial charge >= 0.3 is 5.97 Å². The molecule has 0 aliphatic carbocycles. The van der Waals surface area contributed by atoms with Crippen LogP contribution in [0.4, 0.5) is 0 Å². The van der Waals surface area contributed by atoms with Gasteiger partial charge in [-0.3, -0.25) is 9.89 Å². The van der Waals surface area contributed by atoms with Gasteiger partial charge in [-0.05, 0) is 19.4 Å². The lowest BCUT2D eigenvalue weighted by molar-refractivity contribution is -0.141. The third-order valence-corrected chi connectivity index (χ3v) is 2.36. The molecule has 1 heterocycles. The van der Waals surface area contributed by atoms with Gasteiger partial charge in [-0.25, -0.2) is 4.79 Å². The van der Waals surface area contributed by atoms with Crippen molar-refractivity contribution in [2.75, 3.05) is 0 Å². The van der Waals surface area contributed by atoms with E-state index < -0.39 is 12.0 Å². The number of nitrogens with one attached hydrogen (secondary N) is 2. The van der Waals surface area contributed by atoms with Crippen LogP contribution in [0.1, 0.15) is 23.9 Å². The Labute approximate surface area is 93.1 Å². The molecule has 1 rings (SSSR count). The van der Waals surface area contributed by atoms with Crippen molar-refractivity contribution in [1.29, 1.82) is 0 Å². The number of carboxylic acid groups (broad SMARTS) is 1. The van der Waals surface area contributed by atoms with Crippen molar-refractivity contribution in [2.45, 2.75) is 33.2 Å². The fourth-order valence-electron chi connectivity index (χ4n) is 1.52. The molecule has 0 aromatic carbocycles. The highest BCUT2D eigenvalue weighted by atomic mass is 16.4. The molecule has 0 bridgehead atoms. The first-order chi connectivity index (χ1) is 7.41. The predicted molar refractivity (Wildman–Crippen MR) is 57.0 cm³/mol. The summed E-state index contributed by atoms with van der Waals surface area (Å²) >= 11 is 0. The van der Waals surface area contributed by atoms with Crippen LogP contribution < -0.4 is 5.32 Å². The molecule has 88 valence electrons. The number of aromatic nitrogens is 2. The average Bonchev–Trinajstić information content (AvgIpc) is 2.47. The van der Waals surface area contributed by atoms with Crippen LogP contribution in [0.2, 0.25) is 0 Å². The third kappa shape index (κ3) is 2.82. The van der Waals surface area contributed by atoms with Gasteiger partial charge in [0.15, 0.2) is 0 Å². The maximum atomic E-state index is 10.9. The van der Waals surface area contributed by atoms with Crippen molar-refractivity contribution < 1.29 is 14.7 Å². The Morgan fingerprint density at radius 2 is 2.12 bits per heavy atom. The second-order valence-corrected chi connectivity index (χ2v) is 3.71. The lowest BCUT2D eigenvalue weighted by atomic mass is 10.0. The molecule has 0 fully saturated rings. The first kappa shape index (κ1) is 12.2. The van der Waals surface area contributed by atoms with Crippen LogP contribution in [-0.4, -0.2) is 33.2 Å². The Kier molecular flexibility index (Phi) is 3.65. The first-order valence-corrected chi connectivity index (χ1v) is 4.92. The minimum absolute atomic E-state index is 0.239. The number of H-pyrrole nitrogens is 1. The van der Waals surface area contributed by atoms with Gasteiger partial charge in [0.05, 0.1) is 5.69 Å². The minimum atomic E-state index is -1.05. The Morgan fingerprint density at radius 3 is 2.50 bits per heavy atom. The highest BCUT2D eigenvalue weighted by Crippen LogP contribution is 2.12. The van der Waals surface area contributed by atoms with E-state index in [1.54, 1.807) is 6.92 Å². The van der Waals surface area contributed by atoms with Gasteiger partial charge in [-0.2, -0.15) is 5.10 Å². The number of hydrogen-bond donors (Lipinski definition) is 3. The molecule has 1 atom stereocenters. The standard InChI is InChI=1S/C10H15N3O3/c1-5-8(6(2)13-12-5)4-9(10(15)16)11-7(3)14/h9H,4H2,1-3H3,(H,11,14)(H,12,13)(H,15,16). The molecular formula is C10H15N3O3. The summed E-state index contributed by atoms with van der Waals surface area (Å²) in [4.78, 5) is 21.8. The highest BCUT2D eigenvalue weighted by molar-refractivity contribution is 5.82. The molecule has 3 N–H and O–H groups in total. The van der Waals surface area contributed by atoms with Crippen molar-refractivity contribution in [2.24, 2.45) is 0 Å². The summed E-state index contributed by atoms with van der Waals surface area (Å²) < 4.78 is 0. The quantitative estimate of drug-likeness (QED) is 0.680. The van der Waals surface area contributed by atoms with Gasteiger partial charge in [-0.1, -0.05) is 0 Å². The Balaban J connectivity index is 2.83. The number of carbonyl (C=O) groups is 2. The van der Waals surface area contributed by atoms with Gasteiger partial charge < -0.3 is 10.4 Å². The van der Waals surface area contributed by atoms with E-state index in [4.69, 9.17) is 5.11 Å². The fraction of sp³-hybridized carbons (Fsp3) is 0.500. The van der Waals surface area contributed by atoms with Crippen LogP contribution >= 0.6 is 0 Å². The summed E-state index contributed by atoms with van der Waals surface area (Å²) in [6.45, 7) is 4.92. The smallest absolute Gasteiger partial charge is 0.326 e. The molecule has 6 nitrogen and oxygen atoms in total. The largest absolute Gasteiger partial charge is 0.480 e. The van der Waals surface area contributed by atoms with E-state index in [1.807, 2.05) is 6.92 Å². The monoisotopic (exact) mass is 225 g/mol. The summed E-state index contributed by atoms with van der Waals surface area (Å²) in [6.07, 6.45) is 0.239. The number of amides is 1. The first-order valence-electron chi connectivity index (χ1n) is 4.92. The molecular weight excluding hydrogens is 210 g/mol. The molecule has 0 radical (unpaired) electrons. The average molecular weight is 225 g/mol. The SMILES string of the molecule is CC(=O)NC(Cc1c(C)n[nH]c1C)C(=O)O. The zero-order chi connectivity index (χ0) is 12.3. The van der Waals surface area contributed by atoms with Crippen LogP contribution in [0.5, 0.6) is 0 Å². The molecule has 0 saturated heterocycles. The fourth-order valence-corrected chi connectivity index (χ4v) is 1.52. The molecule has 0 saturated carbocycles. The Hall–Kier alpha value is -1.85. The Morgan fingerprint density at radius 1 is 1.50 bits per heavy atom. The van der Waals surface area contributed by atoms with Crippen molar-refractivity contribution in [1.82, 2.24) is 15.5 Å². The van der Waals surface area contributed by atoms with Crippen molar-refractivity contribution in [3.63, 3.8) is 0 Å². The second kappa shape index (κ2) is 4.78. The molecule has 1 unspecified atom stereocenters.